The van der Waals surface area contributed by atoms with Gasteiger partial charge < -0.3 is 15.5 Å². The van der Waals surface area contributed by atoms with Crippen LogP contribution in [0.5, 0.6) is 0 Å². The number of benzene rings is 1. The molecule has 0 spiro atoms. The summed E-state index contributed by atoms with van der Waals surface area (Å²) >= 11 is 0. The number of urea groups is 1. The van der Waals surface area contributed by atoms with Gasteiger partial charge in [-0.25, -0.2) is 9.18 Å². The number of aromatic nitrogens is 2. The van der Waals surface area contributed by atoms with E-state index in [4.69, 9.17) is 0 Å². The highest BCUT2D eigenvalue weighted by molar-refractivity contribution is 5.93. The fourth-order valence-corrected chi connectivity index (χ4v) is 2.95. The zero-order valence-corrected chi connectivity index (χ0v) is 14.6. The van der Waals surface area contributed by atoms with E-state index in [1.54, 1.807) is 22.8 Å². The molecule has 0 unspecified atom stereocenters. The van der Waals surface area contributed by atoms with Gasteiger partial charge in [0.05, 0.1) is 11.8 Å². The number of nitrogens with zero attached hydrogens (tertiary/aromatic N) is 3. The van der Waals surface area contributed by atoms with Gasteiger partial charge in [0.2, 0.25) is 0 Å². The van der Waals surface area contributed by atoms with Crippen molar-refractivity contribution >= 4 is 17.6 Å². The molecule has 1 fully saturated rings. The smallest absolute Gasteiger partial charge is 0.321 e. The number of nitrogens with one attached hydrogen (secondary N) is 2. The first-order valence-corrected chi connectivity index (χ1v) is 8.59. The third-order valence-corrected chi connectivity index (χ3v) is 4.52. The Bertz CT molecular complexity index is 766. The van der Waals surface area contributed by atoms with E-state index in [1.165, 1.54) is 30.5 Å². The second-order valence-corrected chi connectivity index (χ2v) is 6.48. The van der Waals surface area contributed by atoms with Crippen LogP contribution in [0, 0.1) is 11.7 Å². The number of hydrogen-bond donors (Lipinski definition) is 2. The SMILES string of the molecule is Cn1cc(C(=O)NCC2CCN(C(=O)Nc3ccc(F)cc3)CC2)cn1. The van der Waals surface area contributed by atoms with Crippen LogP contribution in [-0.4, -0.2) is 46.3 Å². The molecular weight excluding hydrogens is 337 g/mol. The number of anilines is 1. The molecule has 7 nitrogen and oxygen atoms in total. The van der Waals surface area contributed by atoms with E-state index in [1.807, 2.05) is 0 Å². The van der Waals surface area contributed by atoms with Crippen molar-refractivity contribution in [3.05, 3.63) is 48.0 Å². The lowest BCUT2D eigenvalue weighted by Crippen LogP contribution is -2.43. The monoisotopic (exact) mass is 359 g/mol. The highest BCUT2D eigenvalue weighted by atomic mass is 19.1. The first kappa shape index (κ1) is 17.9. The molecule has 1 aromatic heterocycles. The van der Waals surface area contributed by atoms with Crippen LogP contribution in [0.2, 0.25) is 0 Å². The summed E-state index contributed by atoms with van der Waals surface area (Å²) in [6.45, 7) is 1.84. The Balaban J connectivity index is 1.41. The van der Waals surface area contributed by atoms with Crippen LogP contribution in [0.1, 0.15) is 23.2 Å². The molecular formula is C18H22FN5O2. The van der Waals surface area contributed by atoms with Crippen molar-refractivity contribution in [3.8, 4) is 0 Å². The largest absolute Gasteiger partial charge is 0.352 e. The van der Waals surface area contributed by atoms with Gasteiger partial charge in [0.25, 0.3) is 5.91 Å². The first-order chi connectivity index (χ1) is 12.5. The van der Waals surface area contributed by atoms with E-state index in [0.29, 0.717) is 36.8 Å². The summed E-state index contributed by atoms with van der Waals surface area (Å²) in [5.41, 5.74) is 1.12. The lowest BCUT2D eigenvalue weighted by molar-refractivity contribution is 0.0938. The van der Waals surface area contributed by atoms with Crippen LogP contribution in [0.25, 0.3) is 0 Å². The third kappa shape index (κ3) is 4.59. The fourth-order valence-electron chi connectivity index (χ4n) is 2.95. The van der Waals surface area contributed by atoms with E-state index in [2.05, 4.69) is 15.7 Å². The van der Waals surface area contributed by atoms with Crippen LogP contribution in [-0.2, 0) is 7.05 Å². The molecule has 1 saturated heterocycles. The van der Waals surface area contributed by atoms with Gasteiger partial charge in [-0.2, -0.15) is 5.10 Å². The van der Waals surface area contributed by atoms with Crippen LogP contribution in [0.4, 0.5) is 14.9 Å². The van der Waals surface area contributed by atoms with E-state index >= 15 is 0 Å². The van der Waals surface area contributed by atoms with E-state index in [-0.39, 0.29) is 17.8 Å². The van der Waals surface area contributed by atoms with E-state index in [0.717, 1.165) is 12.8 Å². The number of carbonyl (C=O) groups is 2. The molecule has 0 atom stereocenters. The van der Waals surface area contributed by atoms with Crippen molar-refractivity contribution in [2.75, 3.05) is 25.0 Å². The molecule has 3 amide bonds. The predicted octanol–water partition coefficient (Wildman–Crippen LogP) is 2.23. The zero-order chi connectivity index (χ0) is 18.5. The molecule has 138 valence electrons. The van der Waals surface area contributed by atoms with Gasteiger partial charge >= 0.3 is 6.03 Å². The summed E-state index contributed by atoms with van der Waals surface area (Å²) in [5, 5.41) is 9.68. The second-order valence-electron chi connectivity index (χ2n) is 6.48. The summed E-state index contributed by atoms with van der Waals surface area (Å²) < 4.78 is 14.5. The summed E-state index contributed by atoms with van der Waals surface area (Å²) in [5.74, 6) is -0.128. The summed E-state index contributed by atoms with van der Waals surface area (Å²) in [6.07, 6.45) is 4.86. The van der Waals surface area contributed by atoms with Gasteiger partial charge in [-0.15, -0.1) is 0 Å². The Morgan fingerprint density at radius 1 is 1.23 bits per heavy atom. The molecule has 1 aliphatic heterocycles. The number of aryl methyl sites for hydroxylation is 1. The molecule has 0 radical (unpaired) electrons. The van der Waals surface area contributed by atoms with Crippen molar-refractivity contribution in [3.63, 3.8) is 0 Å². The van der Waals surface area contributed by atoms with Gasteiger partial charge in [-0.05, 0) is 43.0 Å². The molecule has 0 bridgehead atoms. The summed E-state index contributed by atoms with van der Waals surface area (Å²) in [4.78, 5) is 26.0. The zero-order valence-electron chi connectivity index (χ0n) is 14.6. The van der Waals surface area contributed by atoms with Gasteiger partial charge in [0, 0.05) is 38.6 Å². The molecule has 8 heteroatoms. The second kappa shape index (κ2) is 7.99. The van der Waals surface area contributed by atoms with E-state index < -0.39 is 0 Å². The highest BCUT2D eigenvalue weighted by Gasteiger charge is 2.23. The number of amides is 3. The average molecular weight is 359 g/mol. The lowest BCUT2D eigenvalue weighted by Gasteiger charge is -2.32. The minimum Gasteiger partial charge on any atom is -0.352 e. The molecule has 0 saturated carbocycles. The van der Waals surface area contributed by atoms with Crippen molar-refractivity contribution in [2.45, 2.75) is 12.8 Å². The minimum absolute atomic E-state index is 0.130. The summed E-state index contributed by atoms with van der Waals surface area (Å²) in [7, 11) is 1.77. The predicted molar refractivity (Wildman–Crippen MR) is 95.3 cm³/mol. The highest BCUT2D eigenvalue weighted by Crippen LogP contribution is 2.18. The standard InChI is InChI=1S/C18H22FN5O2/c1-23-12-14(11-21-23)17(25)20-10-13-6-8-24(9-7-13)18(26)22-16-4-2-15(19)3-5-16/h2-5,11-13H,6-10H2,1H3,(H,20,25)(H,22,26). The Labute approximate surface area is 151 Å². The van der Waals surface area contributed by atoms with Crippen molar-refractivity contribution in [1.82, 2.24) is 20.0 Å². The third-order valence-electron chi connectivity index (χ3n) is 4.52. The first-order valence-electron chi connectivity index (χ1n) is 8.59. The number of carbonyl (C=O) groups excluding carboxylic acids is 2. The molecule has 26 heavy (non-hydrogen) atoms. The van der Waals surface area contributed by atoms with Crippen LogP contribution in [0.3, 0.4) is 0 Å². The maximum Gasteiger partial charge on any atom is 0.321 e. The Morgan fingerprint density at radius 2 is 1.92 bits per heavy atom. The van der Waals surface area contributed by atoms with Crippen LogP contribution < -0.4 is 10.6 Å². The maximum atomic E-state index is 12.9. The van der Waals surface area contributed by atoms with Crippen LogP contribution in [0.15, 0.2) is 36.7 Å². The maximum absolute atomic E-state index is 12.9. The quantitative estimate of drug-likeness (QED) is 0.879. The number of likely N-dealkylation sites (tertiary alicyclic amines) is 1. The molecule has 1 aliphatic rings. The molecule has 2 N–H and O–H groups in total. The van der Waals surface area contributed by atoms with Crippen molar-refractivity contribution in [1.29, 1.82) is 0 Å². The number of halogens is 1. The molecule has 1 aromatic carbocycles. The van der Waals surface area contributed by atoms with E-state index in [9.17, 15) is 14.0 Å². The molecule has 2 heterocycles. The topological polar surface area (TPSA) is 79.3 Å². The van der Waals surface area contributed by atoms with Gasteiger partial charge in [-0.1, -0.05) is 0 Å². The fraction of sp³-hybridized carbons (Fsp3) is 0.389. The normalized spacial score (nSPS) is 14.9. The molecule has 0 aliphatic carbocycles. The number of rotatable bonds is 4. The van der Waals surface area contributed by atoms with Gasteiger partial charge in [0.15, 0.2) is 0 Å². The number of hydrogen-bond acceptors (Lipinski definition) is 3. The van der Waals surface area contributed by atoms with Gasteiger partial charge in [0.1, 0.15) is 5.82 Å². The Hall–Kier alpha value is -2.90. The van der Waals surface area contributed by atoms with Crippen molar-refractivity contribution < 1.29 is 14.0 Å². The van der Waals surface area contributed by atoms with Crippen molar-refractivity contribution in [2.24, 2.45) is 13.0 Å². The lowest BCUT2D eigenvalue weighted by atomic mass is 9.97. The Morgan fingerprint density at radius 3 is 2.54 bits per heavy atom. The average Bonchev–Trinajstić information content (AvgIpc) is 3.08. The number of piperidine rings is 1. The Kier molecular flexibility index (Phi) is 5.50. The summed E-state index contributed by atoms with van der Waals surface area (Å²) in [6, 6.07) is 5.51. The molecule has 3 rings (SSSR count). The van der Waals surface area contributed by atoms with Crippen LogP contribution >= 0.6 is 0 Å². The minimum atomic E-state index is -0.336. The molecule has 2 aromatic rings. The van der Waals surface area contributed by atoms with Gasteiger partial charge in [-0.3, -0.25) is 9.48 Å².